The Labute approximate surface area is 168 Å². The van der Waals surface area contributed by atoms with E-state index in [0.717, 1.165) is 25.1 Å². The Bertz CT molecular complexity index is 704. The van der Waals surface area contributed by atoms with Crippen LogP contribution >= 0.6 is 0 Å². The van der Waals surface area contributed by atoms with Gasteiger partial charge >= 0.3 is 0 Å². The lowest BCUT2D eigenvalue weighted by Gasteiger charge is -2.33. The van der Waals surface area contributed by atoms with Crippen LogP contribution in [0.15, 0.2) is 35.4 Å². The summed E-state index contributed by atoms with van der Waals surface area (Å²) in [7, 11) is 0. The number of hydrazone groups is 1. The minimum Gasteiger partial charge on any atom is -0.351 e. The maximum Gasteiger partial charge on any atom is 0.267 e. The van der Waals surface area contributed by atoms with Crippen molar-refractivity contribution in [2.45, 2.75) is 64.5 Å². The van der Waals surface area contributed by atoms with E-state index in [9.17, 15) is 9.59 Å². The molecular weight excluding hydrogens is 352 g/mol. The summed E-state index contributed by atoms with van der Waals surface area (Å²) in [6, 6.07) is 9.83. The Hall–Kier alpha value is -2.21. The Morgan fingerprint density at radius 2 is 1.96 bits per heavy atom. The highest BCUT2D eigenvalue weighted by atomic mass is 16.2. The largest absolute Gasteiger partial charge is 0.351 e. The lowest BCUT2D eigenvalue weighted by atomic mass is 10.0. The van der Waals surface area contributed by atoms with Crippen LogP contribution in [0.4, 0.5) is 5.69 Å². The summed E-state index contributed by atoms with van der Waals surface area (Å²) < 4.78 is 0. The second-order valence-electron chi connectivity index (χ2n) is 7.90. The molecule has 1 amide bonds. The number of carbonyl (C=O) groups is 2. The number of amides is 1. The zero-order chi connectivity index (χ0) is 19.9. The number of hydrogen-bond acceptors (Lipinski definition) is 5. The van der Waals surface area contributed by atoms with Crippen LogP contribution in [0.3, 0.4) is 0 Å². The number of benzene rings is 1. The second-order valence-corrected chi connectivity index (χ2v) is 7.90. The molecule has 0 radical (unpaired) electrons. The monoisotopic (exact) mass is 384 g/mol. The van der Waals surface area contributed by atoms with Gasteiger partial charge in [0.25, 0.3) is 5.91 Å². The number of nitrogens with one attached hydrogen (secondary N) is 1. The number of unbranched alkanes of at least 4 members (excludes halogenated alkanes) is 1. The molecular formula is C22H32N4O2. The van der Waals surface area contributed by atoms with Gasteiger partial charge in [-0.05, 0) is 64.8 Å². The fourth-order valence-corrected chi connectivity index (χ4v) is 4.02. The van der Waals surface area contributed by atoms with E-state index in [1.165, 1.54) is 25.8 Å². The molecule has 3 rings (SSSR count). The van der Waals surface area contributed by atoms with Crippen LogP contribution in [0.2, 0.25) is 0 Å². The van der Waals surface area contributed by atoms with Gasteiger partial charge in [-0.2, -0.15) is 5.10 Å². The van der Waals surface area contributed by atoms with Crippen molar-refractivity contribution in [2.75, 3.05) is 24.6 Å². The van der Waals surface area contributed by atoms with Gasteiger partial charge in [0, 0.05) is 19.0 Å². The zero-order valence-corrected chi connectivity index (χ0v) is 17.1. The van der Waals surface area contributed by atoms with Gasteiger partial charge in [0.15, 0.2) is 5.78 Å². The third kappa shape index (κ3) is 5.19. The summed E-state index contributed by atoms with van der Waals surface area (Å²) in [6.07, 6.45) is 6.35. The normalized spacial score (nSPS) is 22.8. The van der Waals surface area contributed by atoms with Crippen LogP contribution in [0.1, 0.15) is 52.4 Å². The number of likely N-dealkylation sites (tertiary alicyclic amines) is 1. The molecule has 6 nitrogen and oxygen atoms in total. The van der Waals surface area contributed by atoms with Crippen molar-refractivity contribution in [3.05, 3.63) is 30.3 Å². The van der Waals surface area contributed by atoms with Crippen molar-refractivity contribution in [1.82, 2.24) is 10.2 Å². The molecule has 1 aromatic carbocycles. The van der Waals surface area contributed by atoms with E-state index in [1.54, 1.807) is 11.9 Å². The van der Waals surface area contributed by atoms with Crippen LogP contribution < -0.4 is 10.3 Å². The van der Waals surface area contributed by atoms with E-state index in [2.05, 4.69) is 22.2 Å². The van der Waals surface area contributed by atoms with Crippen LogP contribution in [0.5, 0.6) is 0 Å². The molecule has 0 spiro atoms. The van der Waals surface area contributed by atoms with E-state index in [4.69, 9.17) is 0 Å². The number of rotatable bonds is 8. The first-order valence-electron chi connectivity index (χ1n) is 10.5. The first kappa shape index (κ1) is 20.5. The molecule has 0 saturated carbocycles. The molecule has 0 aromatic heterocycles. The zero-order valence-electron chi connectivity index (χ0n) is 17.1. The predicted octanol–water partition coefficient (Wildman–Crippen LogP) is 2.98. The Morgan fingerprint density at radius 1 is 1.18 bits per heavy atom. The molecule has 152 valence electrons. The molecule has 1 saturated heterocycles. The predicted molar refractivity (Wildman–Crippen MR) is 113 cm³/mol. The summed E-state index contributed by atoms with van der Waals surface area (Å²) in [5.74, 6) is -0.137. The maximum absolute atomic E-state index is 12.5. The topological polar surface area (TPSA) is 65.0 Å². The number of para-hydroxylation sites is 1. The average molecular weight is 385 g/mol. The first-order valence-corrected chi connectivity index (χ1v) is 10.5. The number of piperidine rings is 1. The number of ketones is 1. The standard InChI is InChI=1S/C22H32N4O2/c1-17-10-6-8-14-25(17)15-9-7-13-23-22(28)20-16-21(18(2)27)26(24-20)19-11-4-3-5-12-19/h3-5,11-12,17,21H,6-10,13-16H2,1-2H3,(H,23,28). The first-order chi connectivity index (χ1) is 13.6. The molecule has 2 aliphatic rings. The molecule has 6 heteroatoms. The number of hydrogen-bond donors (Lipinski definition) is 1. The smallest absolute Gasteiger partial charge is 0.267 e. The molecule has 2 atom stereocenters. The van der Waals surface area contributed by atoms with Crippen LogP contribution in [0, 0.1) is 0 Å². The summed E-state index contributed by atoms with van der Waals surface area (Å²) in [4.78, 5) is 27.1. The molecule has 2 unspecified atom stereocenters. The lowest BCUT2D eigenvalue weighted by molar-refractivity contribution is -0.118. The highest BCUT2D eigenvalue weighted by molar-refractivity contribution is 6.40. The number of nitrogens with zero attached hydrogens (tertiary/aromatic N) is 3. The van der Waals surface area contributed by atoms with Crippen molar-refractivity contribution >= 4 is 23.1 Å². The van der Waals surface area contributed by atoms with E-state index in [0.29, 0.717) is 24.7 Å². The van der Waals surface area contributed by atoms with Crippen LogP contribution in [-0.2, 0) is 9.59 Å². The van der Waals surface area contributed by atoms with E-state index < -0.39 is 6.04 Å². The van der Waals surface area contributed by atoms with Crippen molar-refractivity contribution in [3.63, 3.8) is 0 Å². The van der Waals surface area contributed by atoms with E-state index >= 15 is 0 Å². The van der Waals surface area contributed by atoms with Crippen molar-refractivity contribution in [2.24, 2.45) is 5.10 Å². The van der Waals surface area contributed by atoms with Gasteiger partial charge in [-0.3, -0.25) is 14.6 Å². The highest BCUT2D eigenvalue weighted by Gasteiger charge is 2.33. The third-order valence-electron chi connectivity index (χ3n) is 5.76. The summed E-state index contributed by atoms with van der Waals surface area (Å²) in [5, 5.41) is 9.11. The van der Waals surface area contributed by atoms with Gasteiger partial charge in [-0.25, -0.2) is 0 Å². The molecule has 2 aliphatic heterocycles. The SMILES string of the molecule is CC(=O)C1CC(C(=O)NCCCCN2CCCCC2C)=NN1c1ccccc1. The Kier molecular flexibility index (Phi) is 7.20. The van der Waals surface area contributed by atoms with E-state index in [1.807, 2.05) is 30.3 Å². The minimum atomic E-state index is -0.399. The van der Waals surface area contributed by atoms with Gasteiger partial charge in [0.2, 0.25) is 0 Å². The molecule has 2 heterocycles. The molecule has 0 aliphatic carbocycles. The van der Waals surface area contributed by atoms with Crippen LogP contribution in [0.25, 0.3) is 0 Å². The minimum absolute atomic E-state index is 0.0195. The molecule has 1 aromatic rings. The van der Waals surface area contributed by atoms with Gasteiger partial charge in [0.1, 0.15) is 11.8 Å². The third-order valence-corrected chi connectivity index (χ3v) is 5.76. The highest BCUT2D eigenvalue weighted by Crippen LogP contribution is 2.25. The number of Topliss-reactive ketones (excluding diaryl/α,β-unsaturated/α-hetero) is 1. The van der Waals surface area contributed by atoms with Gasteiger partial charge in [-0.15, -0.1) is 0 Å². The average Bonchev–Trinajstić information content (AvgIpc) is 3.15. The van der Waals surface area contributed by atoms with Crippen molar-refractivity contribution < 1.29 is 9.59 Å². The Balaban J connectivity index is 1.46. The second kappa shape index (κ2) is 9.82. The van der Waals surface area contributed by atoms with Gasteiger partial charge in [0.05, 0.1) is 5.69 Å². The van der Waals surface area contributed by atoms with Crippen molar-refractivity contribution in [3.8, 4) is 0 Å². The fraction of sp³-hybridized carbons (Fsp3) is 0.591. The fourth-order valence-electron chi connectivity index (χ4n) is 4.02. The van der Waals surface area contributed by atoms with Crippen LogP contribution in [-0.4, -0.2) is 54.0 Å². The molecule has 0 bridgehead atoms. The number of carbonyl (C=O) groups excluding carboxylic acids is 2. The summed E-state index contributed by atoms with van der Waals surface area (Å²) in [5.41, 5.74) is 1.27. The lowest BCUT2D eigenvalue weighted by Crippen LogP contribution is -2.38. The summed E-state index contributed by atoms with van der Waals surface area (Å²) in [6.45, 7) is 6.82. The molecule has 1 fully saturated rings. The maximum atomic E-state index is 12.5. The molecule has 28 heavy (non-hydrogen) atoms. The quantitative estimate of drug-likeness (QED) is 0.700. The number of anilines is 1. The van der Waals surface area contributed by atoms with Gasteiger partial charge in [-0.1, -0.05) is 24.6 Å². The van der Waals surface area contributed by atoms with Crippen molar-refractivity contribution in [1.29, 1.82) is 0 Å². The van der Waals surface area contributed by atoms with Gasteiger partial charge < -0.3 is 10.2 Å². The Morgan fingerprint density at radius 3 is 2.68 bits per heavy atom. The summed E-state index contributed by atoms with van der Waals surface area (Å²) >= 11 is 0. The molecule has 1 N–H and O–H groups in total. The van der Waals surface area contributed by atoms with E-state index in [-0.39, 0.29) is 11.7 Å².